The predicted molar refractivity (Wildman–Crippen MR) is 105 cm³/mol. The van der Waals surface area contributed by atoms with Crippen LogP contribution in [0.5, 0.6) is 0 Å². The number of nitrogens with zero attached hydrogens (tertiary/aromatic N) is 2. The number of amides is 1. The Balaban J connectivity index is 1.54. The SMILES string of the molecule is O=C(NCCc1ccccc1)c1cnn2c1N[C@H](c1cccs1)C[C@H]2C(F)(F)F. The van der Waals surface area contributed by atoms with E-state index in [2.05, 4.69) is 15.7 Å². The summed E-state index contributed by atoms with van der Waals surface area (Å²) < 4.78 is 41.8. The third-order valence-electron chi connectivity index (χ3n) is 4.91. The number of rotatable bonds is 5. The van der Waals surface area contributed by atoms with Crippen LogP contribution in [0.3, 0.4) is 0 Å². The number of carbonyl (C=O) groups excluding carboxylic acids is 1. The van der Waals surface area contributed by atoms with Crippen LogP contribution in [0, 0.1) is 0 Å². The van der Waals surface area contributed by atoms with Gasteiger partial charge in [0, 0.05) is 17.8 Å². The van der Waals surface area contributed by atoms with Crippen molar-refractivity contribution in [2.75, 3.05) is 11.9 Å². The molecule has 1 aliphatic heterocycles. The van der Waals surface area contributed by atoms with E-state index in [4.69, 9.17) is 0 Å². The van der Waals surface area contributed by atoms with Gasteiger partial charge in [-0.15, -0.1) is 11.3 Å². The Bertz CT molecular complexity index is 970. The summed E-state index contributed by atoms with van der Waals surface area (Å²) in [5.74, 6) is -0.336. The highest BCUT2D eigenvalue weighted by Crippen LogP contribution is 2.44. The van der Waals surface area contributed by atoms with Crippen LogP contribution < -0.4 is 10.6 Å². The molecular formula is C20H19F3N4OS. The molecule has 3 heterocycles. The molecule has 0 saturated carbocycles. The third kappa shape index (κ3) is 4.14. The van der Waals surface area contributed by atoms with Gasteiger partial charge in [-0.3, -0.25) is 4.79 Å². The topological polar surface area (TPSA) is 59.0 Å². The molecule has 4 rings (SSSR count). The van der Waals surface area contributed by atoms with Gasteiger partial charge in [0.05, 0.1) is 12.2 Å². The Kier molecular flexibility index (Phi) is 5.31. The van der Waals surface area contributed by atoms with Gasteiger partial charge in [0.2, 0.25) is 0 Å². The molecule has 3 aromatic rings. The van der Waals surface area contributed by atoms with E-state index in [9.17, 15) is 18.0 Å². The fraction of sp³-hybridized carbons (Fsp3) is 0.300. The minimum atomic E-state index is -4.46. The zero-order valence-corrected chi connectivity index (χ0v) is 16.1. The number of alkyl halides is 3. The van der Waals surface area contributed by atoms with E-state index in [0.717, 1.165) is 15.1 Å². The molecule has 2 N–H and O–H groups in total. The summed E-state index contributed by atoms with van der Waals surface area (Å²) in [7, 11) is 0. The Morgan fingerprint density at radius 1 is 1.24 bits per heavy atom. The Morgan fingerprint density at radius 3 is 2.72 bits per heavy atom. The molecule has 2 aromatic heterocycles. The first kappa shape index (κ1) is 19.5. The van der Waals surface area contributed by atoms with Gasteiger partial charge < -0.3 is 10.6 Å². The molecule has 1 aromatic carbocycles. The van der Waals surface area contributed by atoms with Gasteiger partial charge >= 0.3 is 6.18 Å². The Hall–Kier alpha value is -2.81. The summed E-state index contributed by atoms with van der Waals surface area (Å²) in [6, 6.07) is 10.9. The molecule has 5 nitrogen and oxygen atoms in total. The summed E-state index contributed by atoms with van der Waals surface area (Å²) in [5, 5.41) is 11.6. The number of anilines is 1. The molecule has 9 heteroatoms. The number of hydrogen-bond acceptors (Lipinski definition) is 4. The fourth-order valence-electron chi connectivity index (χ4n) is 3.47. The molecule has 0 saturated heterocycles. The van der Waals surface area contributed by atoms with E-state index >= 15 is 0 Å². The summed E-state index contributed by atoms with van der Waals surface area (Å²) in [5.41, 5.74) is 1.19. The highest BCUT2D eigenvalue weighted by molar-refractivity contribution is 7.10. The van der Waals surface area contributed by atoms with Gasteiger partial charge in [-0.2, -0.15) is 18.3 Å². The van der Waals surface area contributed by atoms with Gasteiger partial charge in [0.1, 0.15) is 11.4 Å². The lowest BCUT2D eigenvalue weighted by Crippen LogP contribution is -2.36. The average Bonchev–Trinajstić information content (AvgIpc) is 3.37. The maximum Gasteiger partial charge on any atom is 0.410 e. The van der Waals surface area contributed by atoms with Crippen molar-refractivity contribution < 1.29 is 18.0 Å². The van der Waals surface area contributed by atoms with Crippen LogP contribution in [0.2, 0.25) is 0 Å². The summed E-state index contributed by atoms with van der Waals surface area (Å²) >= 11 is 1.39. The second kappa shape index (κ2) is 7.90. The molecule has 0 bridgehead atoms. The number of halogens is 3. The van der Waals surface area contributed by atoms with Crippen molar-refractivity contribution in [1.29, 1.82) is 0 Å². The van der Waals surface area contributed by atoms with Crippen molar-refractivity contribution in [1.82, 2.24) is 15.1 Å². The van der Waals surface area contributed by atoms with Crippen LogP contribution in [0.15, 0.2) is 54.0 Å². The summed E-state index contributed by atoms with van der Waals surface area (Å²) in [4.78, 5) is 13.4. The van der Waals surface area contributed by atoms with Crippen LogP contribution in [-0.4, -0.2) is 28.4 Å². The molecular weight excluding hydrogens is 401 g/mol. The molecule has 1 amide bonds. The van der Waals surface area contributed by atoms with E-state index in [1.165, 1.54) is 17.5 Å². The number of aromatic nitrogens is 2. The van der Waals surface area contributed by atoms with Crippen molar-refractivity contribution >= 4 is 23.1 Å². The molecule has 0 fully saturated rings. The van der Waals surface area contributed by atoms with Gasteiger partial charge in [-0.25, -0.2) is 4.68 Å². The van der Waals surface area contributed by atoms with Crippen molar-refractivity contribution in [2.45, 2.75) is 31.1 Å². The zero-order valence-electron chi connectivity index (χ0n) is 15.3. The third-order valence-corrected chi connectivity index (χ3v) is 5.90. The molecule has 0 radical (unpaired) electrons. The Morgan fingerprint density at radius 2 is 2.03 bits per heavy atom. The van der Waals surface area contributed by atoms with Crippen molar-refractivity contribution in [3.05, 3.63) is 70.0 Å². The van der Waals surface area contributed by atoms with Crippen molar-refractivity contribution in [3.63, 3.8) is 0 Å². The predicted octanol–water partition coefficient (Wildman–Crippen LogP) is 4.58. The van der Waals surface area contributed by atoms with Gasteiger partial charge in [-0.05, 0) is 23.4 Å². The van der Waals surface area contributed by atoms with Crippen LogP contribution in [0.25, 0.3) is 0 Å². The van der Waals surface area contributed by atoms with Crippen LogP contribution in [0.4, 0.5) is 19.0 Å². The zero-order chi connectivity index (χ0) is 20.4. The first-order valence-corrected chi connectivity index (χ1v) is 10.1. The molecule has 0 aliphatic carbocycles. The number of nitrogens with one attached hydrogen (secondary N) is 2. The molecule has 1 aliphatic rings. The van der Waals surface area contributed by atoms with Gasteiger partial charge in [0.15, 0.2) is 6.04 Å². The number of thiophene rings is 1. The summed E-state index contributed by atoms with van der Waals surface area (Å²) in [6.45, 7) is 0.379. The molecule has 2 atom stereocenters. The largest absolute Gasteiger partial charge is 0.410 e. The van der Waals surface area contributed by atoms with Crippen LogP contribution >= 0.6 is 11.3 Å². The quantitative estimate of drug-likeness (QED) is 0.635. The van der Waals surface area contributed by atoms with E-state index in [1.54, 1.807) is 12.1 Å². The van der Waals surface area contributed by atoms with Gasteiger partial charge in [-0.1, -0.05) is 36.4 Å². The second-order valence-corrected chi connectivity index (χ2v) is 7.83. The molecule has 152 valence electrons. The summed E-state index contributed by atoms with van der Waals surface area (Å²) in [6.07, 6.45) is -2.80. The molecule has 0 spiro atoms. The first-order chi connectivity index (χ1) is 13.9. The number of fused-ring (bicyclic) bond motifs is 1. The van der Waals surface area contributed by atoms with Crippen molar-refractivity contribution in [3.8, 4) is 0 Å². The van der Waals surface area contributed by atoms with E-state index < -0.39 is 24.2 Å². The molecule has 29 heavy (non-hydrogen) atoms. The van der Waals surface area contributed by atoms with E-state index in [0.29, 0.717) is 13.0 Å². The Labute approximate surface area is 169 Å². The lowest BCUT2D eigenvalue weighted by molar-refractivity contribution is -0.173. The minimum absolute atomic E-state index is 0.106. The minimum Gasteiger partial charge on any atom is -0.362 e. The van der Waals surface area contributed by atoms with E-state index in [-0.39, 0.29) is 17.8 Å². The molecule has 0 unspecified atom stereocenters. The average molecular weight is 420 g/mol. The number of carbonyl (C=O) groups is 1. The monoisotopic (exact) mass is 420 g/mol. The van der Waals surface area contributed by atoms with Crippen LogP contribution in [0.1, 0.15) is 39.3 Å². The number of hydrogen-bond donors (Lipinski definition) is 2. The maximum absolute atomic E-state index is 13.6. The smallest absolute Gasteiger partial charge is 0.362 e. The normalized spacial score (nSPS) is 18.7. The highest BCUT2D eigenvalue weighted by Gasteiger charge is 2.47. The highest BCUT2D eigenvalue weighted by atomic mass is 32.1. The number of benzene rings is 1. The lowest BCUT2D eigenvalue weighted by atomic mass is 10.0. The fourth-order valence-corrected chi connectivity index (χ4v) is 4.26. The maximum atomic E-state index is 13.6. The van der Waals surface area contributed by atoms with Gasteiger partial charge in [0.25, 0.3) is 5.91 Å². The lowest BCUT2D eigenvalue weighted by Gasteiger charge is -2.33. The van der Waals surface area contributed by atoms with Crippen molar-refractivity contribution in [2.24, 2.45) is 0 Å². The second-order valence-electron chi connectivity index (χ2n) is 6.85. The standard InChI is InChI=1S/C20H19F3N4OS/c21-20(22,23)17-11-15(16-7-4-10-29-16)26-18-14(12-25-27(17)18)19(28)24-9-8-13-5-2-1-3-6-13/h1-7,10,12,15,17,26H,8-9,11H2,(H,24,28)/t15-,17-/m0/s1. The van der Waals surface area contributed by atoms with Crippen LogP contribution in [-0.2, 0) is 6.42 Å². The van der Waals surface area contributed by atoms with E-state index in [1.807, 2.05) is 35.7 Å². The first-order valence-electron chi connectivity index (χ1n) is 9.20.